The molecule has 2 heterocycles. The number of amides is 1. The number of thiophene rings is 1. The van der Waals surface area contributed by atoms with Crippen LogP contribution in [-0.4, -0.2) is 50.2 Å². The van der Waals surface area contributed by atoms with Crippen molar-refractivity contribution in [3.63, 3.8) is 0 Å². The van der Waals surface area contributed by atoms with Crippen LogP contribution in [0, 0.1) is 0 Å². The number of hydrogen-bond acceptors (Lipinski definition) is 4. The molecular formula is C12H19ClN2O2S. The molecule has 2 rings (SSSR count). The van der Waals surface area contributed by atoms with Gasteiger partial charge in [-0.05, 0) is 17.9 Å². The summed E-state index contributed by atoms with van der Waals surface area (Å²) in [5.74, 6) is 0.126. The fourth-order valence-corrected chi connectivity index (χ4v) is 2.53. The largest absolute Gasteiger partial charge is 0.378 e. The number of ether oxygens (including phenoxy) is 1. The van der Waals surface area contributed by atoms with Crippen LogP contribution in [0.25, 0.3) is 0 Å². The van der Waals surface area contributed by atoms with Gasteiger partial charge in [-0.25, -0.2) is 0 Å². The van der Waals surface area contributed by atoms with Crippen LogP contribution < -0.4 is 5.32 Å². The average molecular weight is 291 g/mol. The van der Waals surface area contributed by atoms with Crippen LogP contribution in [0.5, 0.6) is 0 Å². The van der Waals surface area contributed by atoms with E-state index >= 15 is 0 Å². The third-order valence-electron chi connectivity index (χ3n) is 2.87. The van der Waals surface area contributed by atoms with Crippen LogP contribution >= 0.6 is 23.7 Å². The van der Waals surface area contributed by atoms with Crippen LogP contribution in [0.4, 0.5) is 0 Å². The smallest absolute Gasteiger partial charge is 0.241 e. The van der Waals surface area contributed by atoms with Crippen molar-refractivity contribution in [1.82, 2.24) is 10.2 Å². The first-order chi connectivity index (χ1) is 8.27. The van der Waals surface area contributed by atoms with E-state index in [1.807, 2.05) is 13.1 Å². The molecule has 1 atom stereocenters. The van der Waals surface area contributed by atoms with Gasteiger partial charge < -0.3 is 15.0 Å². The van der Waals surface area contributed by atoms with Crippen LogP contribution in [0.2, 0.25) is 0 Å². The molecule has 18 heavy (non-hydrogen) atoms. The van der Waals surface area contributed by atoms with Gasteiger partial charge in [-0.1, -0.05) is 6.07 Å². The van der Waals surface area contributed by atoms with Crippen molar-refractivity contribution in [3.8, 4) is 0 Å². The molecule has 1 N–H and O–H groups in total. The Morgan fingerprint density at radius 3 is 3.11 bits per heavy atom. The number of nitrogens with one attached hydrogen (secondary N) is 1. The maximum absolute atomic E-state index is 12.0. The van der Waals surface area contributed by atoms with Crippen molar-refractivity contribution < 1.29 is 9.53 Å². The van der Waals surface area contributed by atoms with Crippen molar-refractivity contribution in [2.24, 2.45) is 0 Å². The summed E-state index contributed by atoms with van der Waals surface area (Å²) in [6.45, 7) is 2.71. The van der Waals surface area contributed by atoms with E-state index in [-0.39, 0.29) is 24.4 Å². The first-order valence-electron chi connectivity index (χ1n) is 5.86. The lowest BCUT2D eigenvalue weighted by Gasteiger charge is -2.27. The first-order valence-corrected chi connectivity index (χ1v) is 6.74. The average Bonchev–Trinajstić information content (AvgIpc) is 2.89. The molecule has 1 aliphatic rings. The van der Waals surface area contributed by atoms with E-state index < -0.39 is 0 Å². The van der Waals surface area contributed by atoms with E-state index in [2.05, 4.69) is 16.8 Å². The van der Waals surface area contributed by atoms with E-state index in [0.29, 0.717) is 13.2 Å². The summed E-state index contributed by atoms with van der Waals surface area (Å²) in [5, 5.41) is 5.24. The number of carbonyl (C=O) groups is 1. The second-order valence-corrected chi connectivity index (χ2v) is 5.20. The lowest BCUT2D eigenvalue weighted by atomic mass is 10.2. The van der Waals surface area contributed by atoms with E-state index in [9.17, 15) is 4.79 Å². The Morgan fingerprint density at radius 2 is 2.50 bits per heavy atom. The van der Waals surface area contributed by atoms with Gasteiger partial charge in [0, 0.05) is 25.0 Å². The number of nitrogens with zero attached hydrogens (tertiary/aromatic N) is 1. The normalized spacial score (nSPS) is 19.1. The molecule has 6 heteroatoms. The predicted molar refractivity (Wildman–Crippen MR) is 75.5 cm³/mol. The summed E-state index contributed by atoms with van der Waals surface area (Å²) in [7, 11) is 1.85. The van der Waals surface area contributed by atoms with Gasteiger partial charge in [-0.2, -0.15) is 0 Å². The lowest BCUT2D eigenvalue weighted by molar-refractivity contribution is -0.135. The highest BCUT2D eigenvalue weighted by Gasteiger charge is 2.23. The van der Waals surface area contributed by atoms with Crippen molar-refractivity contribution in [3.05, 3.63) is 22.4 Å². The Morgan fingerprint density at radius 1 is 1.67 bits per heavy atom. The molecule has 1 aromatic rings. The molecule has 1 amide bonds. The van der Waals surface area contributed by atoms with Gasteiger partial charge >= 0.3 is 0 Å². The van der Waals surface area contributed by atoms with E-state index in [1.165, 1.54) is 4.88 Å². The quantitative estimate of drug-likeness (QED) is 0.905. The minimum atomic E-state index is -0.169. The van der Waals surface area contributed by atoms with Gasteiger partial charge in [-0.3, -0.25) is 4.79 Å². The number of rotatable bonds is 4. The highest BCUT2D eigenvalue weighted by atomic mass is 35.5. The Kier molecular flexibility index (Phi) is 6.63. The summed E-state index contributed by atoms with van der Waals surface area (Å²) >= 11 is 1.73. The Labute approximate surface area is 118 Å². The molecule has 0 aromatic carbocycles. The van der Waals surface area contributed by atoms with Crippen molar-refractivity contribution in [2.45, 2.75) is 12.5 Å². The van der Waals surface area contributed by atoms with Crippen molar-refractivity contribution in [1.29, 1.82) is 0 Å². The molecule has 0 spiro atoms. The number of carbonyl (C=O) groups excluding carboxylic acids is 1. The van der Waals surface area contributed by atoms with Gasteiger partial charge in [0.25, 0.3) is 0 Å². The standard InChI is InChI=1S/C12H18N2O2S.ClH/c1-14(6-4-10-3-2-8-17-10)12(15)11-9-16-7-5-13-11;/h2-3,8,11,13H,4-7,9H2,1H3;1H. The topological polar surface area (TPSA) is 41.6 Å². The molecule has 4 nitrogen and oxygen atoms in total. The zero-order valence-electron chi connectivity index (χ0n) is 10.4. The lowest BCUT2D eigenvalue weighted by Crippen LogP contribution is -2.51. The first kappa shape index (κ1) is 15.4. The highest BCUT2D eigenvalue weighted by molar-refractivity contribution is 7.09. The molecule has 1 aliphatic heterocycles. The second kappa shape index (κ2) is 7.74. The van der Waals surface area contributed by atoms with E-state index in [1.54, 1.807) is 16.2 Å². The molecule has 1 saturated heterocycles. The summed E-state index contributed by atoms with van der Waals surface area (Å²) in [4.78, 5) is 15.1. The number of likely N-dealkylation sites (N-methyl/N-ethyl adjacent to an activating group) is 1. The molecule has 1 fully saturated rings. The van der Waals surface area contributed by atoms with Crippen LogP contribution in [0.1, 0.15) is 4.88 Å². The Bertz CT molecular complexity index is 353. The molecule has 1 aromatic heterocycles. The fraction of sp³-hybridized carbons (Fsp3) is 0.583. The van der Waals surface area contributed by atoms with Crippen molar-refractivity contribution >= 4 is 29.7 Å². The molecule has 1 unspecified atom stereocenters. The molecular weight excluding hydrogens is 272 g/mol. The third kappa shape index (κ3) is 4.24. The molecule has 0 saturated carbocycles. The molecule has 0 aliphatic carbocycles. The summed E-state index contributed by atoms with van der Waals surface area (Å²) in [5.41, 5.74) is 0. The zero-order chi connectivity index (χ0) is 12.1. The van der Waals surface area contributed by atoms with Gasteiger partial charge in [0.2, 0.25) is 5.91 Å². The van der Waals surface area contributed by atoms with E-state index in [0.717, 1.165) is 19.5 Å². The summed E-state index contributed by atoms with van der Waals surface area (Å²) < 4.78 is 5.30. The van der Waals surface area contributed by atoms with Crippen LogP contribution in [0.3, 0.4) is 0 Å². The third-order valence-corrected chi connectivity index (χ3v) is 3.81. The molecule has 102 valence electrons. The maximum atomic E-state index is 12.0. The van der Waals surface area contributed by atoms with Gasteiger partial charge in [0.1, 0.15) is 6.04 Å². The second-order valence-electron chi connectivity index (χ2n) is 4.17. The van der Waals surface area contributed by atoms with Gasteiger partial charge in [0.05, 0.1) is 13.2 Å². The van der Waals surface area contributed by atoms with Crippen LogP contribution in [-0.2, 0) is 16.0 Å². The monoisotopic (exact) mass is 290 g/mol. The Hall–Kier alpha value is -0.620. The summed E-state index contributed by atoms with van der Waals surface area (Å²) in [6, 6.07) is 3.97. The van der Waals surface area contributed by atoms with Crippen LogP contribution in [0.15, 0.2) is 17.5 Å². The SMILES string of the molecule is CN(CCc1cccs1)C(=O)C1COCCN1.Cl. The van der Waals surface area contributed by atoms with Gasteiger partial charge in [0.15, 0.2) is 0 Å². The number of halogens is 1. The summed E-state index contributed by atoms with van der Waals surface area (Å²) in [6.07, 6.45) is 0.924. The molecule has 0 radical (unpaired) electrons. The van der Waals surface area contributed by atoms with E-state index in [4.69, 9.17) is 4.74 Å². The van der Waals surface area contributed by atoms with Gasteiger partial charge in [-0.15, -0.1) is 23.7 Å². The maximum Gasteiger partial charge on any atom is 0.241 e. The minimum absolute atomic E-state index is 0. The van der Waals surface area contributed by atoms with Crippen molar-refractivity contribution in [2.75, 3.05) is 33.4 Å². The number of hydrogen-bond donors (Lipinski definition) is 1. The predicted octanol–water partition coefficient (Wildman–Crippen LogP) is 1.16. The molecule has 0 bridgehead atoms. The fourth-order valence-electron chi connectivity index (χ4n) is 1.83. The minimum Gasteiger partial charge on any atom is -0.378 e. The highest BCUT2D eigenvalue weighted by Crippen LogP contribution is 2.09. The zero-order valence-corrected chi connectivity index (χ0v) is 12.1. The number of morpholine rings is 1. The Balaban J connectivity index is 0.00000162.